The molecule has 0 heterocycles. The van der Waals surface area contributed by atoms with E-state index in [0.717, 1.165) is 5.56 Å². The van der Waals surface area contributed by atoms with Gasteiger partial charge in [-0.05, 0) is 47.0 Å². The van der Waals surface area contributed by atoms with Gasteiger partial charge in [0.1, 0.15) is 4.90 Å². The smallest absolute Gasteiger partial charge is 0.261 e. The van der Waals surface area contributed by atoms with E-state index in [9.17, 15) is 21.9 Å². The highest BCUT2D eigenvalue weighted by molar-refractivity contribution is 7.93. The molecular formula is C19H18N2O5S2. The molecule has 0 atom stereocenters. The normalized spacial score (nSPS) is 11.9. The number of sulfonamides is 2. The van der Waals surface area contributed by atoms with E-state index in [1.165, 1.54) is 36.4 Å². The van der Waals surface area contributed by atoms with E-state index in [1.54, 1.807) is 36.4 Å². The maximum Gasteiger partial charge on any atom is 0.261 e. The summed E-state index contributed by atoms with van der Waals surface area (Å²) in [5.41, 5.74) is 1.95. The van der Waals surface area contributed by atoms with Crippen molar-refractivity contribution in [2.75, 3.05) is 4.72 Å². The van der Waals surface area contributed by atoms with Crippen LogP contribution in [0.2, 0.25) is 0 Å². The molecule has 9 heteroatoms. The fourth-order valence-electron chi connectivity index (χ4n) is 2.69. The first kappa shape index (κ1) is 20.0. The fourth-order valence-corrected chi connectivity index (χ4v) is 4.58. The van der Waals surface area contributed by atoms with Crippen LogP contribution in [0, 0.1) is 0 Å². The predicted molar refractivity (Wildman–Crippen MR) is 106 cm³/mol. The number of nitrogens with one attached hydrogen (secondary N) is 1. The Labute approximate surface area is 163 Å². The van der Waals surface area contributed by atoms with E-state index < -0.39 is 20.0 Å². The molecule has 0 amide bonds. The summed E-state index contributed by atoms with van der Waals surface area (Å²) in [6, 6.07) is 18.8. The van der Waals surface area contributed by atoms with Crippen molar-refractivity contribution in [3.63, 3.8) is 0 Å². The first-order valence-electron chi connectivity index (χ1n) is 8.15. The standard InChI is InChI=1S/C19H18N2O5S2/c20-27(23,24)19-10-2-1-9-18(19)21-28(25,26)17-8-4-7-16(12-17)15-6-3-5-14(11-15)13-22/h1-12,21-22H,13H2,(H2,20,23,24). The van der Waals surface area contributed by atoms with Gasteiger partial charge in [-0.3, -0.25) is 4.72 Å². The lowest BCUT2D eigenvalue weighted by molar-refractivity contribution is 0.282. The predicted octanol–water partition coefficient (Wildman–Crippen LogP) is 2.29. The molecule has 0 radical (unpaired) electrons. The molecule has 28 heavy (non-hydrogen) atoms. The van der Waals surface area contributed by atoms with Gasteiger partial charge in [-0.2, -0.15) is 0 Å². The number of hydrogen-bond acceptors (Lipinski definition) is 5. The molecule has 0 aliphatic carbocycles. The Morgan fingerprint density at radius 3 is 2.14 bits per heavy atom. The summed E-state index contributed by atoms with van der Waals surface area (Å²) in [6.45, 7) is -0.127. The van der Waals surface area contributed by atoms with Crippen LogP contribution in [0.5, 0.6) is 0 Å². The van der Waals surface area contributed by atoms with Gasteiger partial charge >= 0.3 is 0 Å². The lowest BCUT2D eigenvalue weighted by atomic mass is 10.0. The van der Waals surface area contributed by atoms with Crippen molar-refractivity contribution in [2.24, 2.45) is 5.14 Å². The second-order valence-corrected chi connectivity index (χ2v) is 9.25. The van der Waals surface area contributed by atoms with Gasteiger partial charge in [-0.1, -0.05) is 42.5 Å². The molecule has 0 saturated heterocycles. The lowest BCUT2D eigenvalue weighted by Crippen LogP contribution is -2.18. The van der Waals surface area contributed by atoms with Crippen molar-refractivity contribution in [3.05, 3.63) is 78.4 Å². The first-order valence-corrected chi connectivity index (χ1v) is 11.2. The molecule has 0 saturated carbocycles. The number of aliphatic hydroxyl groups is 1. The Balaban J connectivity index is 2.00. The summed E-state index contributed by atoms with van der Waals surface area (Å²) in [4.78, 5) is -0.353. The third-order valence-electron chi connectivity index (χ3n) is 4.03. The van der Waals surface area contributed by atoms with Gasteiger partial charge in [0.2, 0.25) is 10.0 Å². The number of benzene rings is 3. The summed E-state index contributed by atoms with van der Waals surface area (Å²) in [5.74, 6) is 0. The Morgan fingerprint density at radius 2 is 1.46 bits per heavy atom. The van der Waals surface area contributed by atoms with E-state index >= 15 is 0 Å². The number of aliphatic hydroxyl groups excluding tert-OH is 1. The average Bonchev–Trinajstić information content (AvgIpc) is 2.67. The molecule has 0 aliphatic rings. The molecule has 4 N–H and O–H groups in total. The van der Waals surface area contributed by atoms with Gasteiger partial charge < -0.3 is 5.11 Å². The summed E-state index contributed by atoms with van der Waals surface area (Å²) in [5, 5.41) is 14.4. The molecule has 0 spiro atoms. The second-order valence-electron chi connectivity index (χ2n) is 6.03. The van der Waals surface area contributed by atoms with E-state index in [2.05, 4.69) is 4.72 Å². The van der Waals surface area contributed by atoms with Crippen LogP contribution >= 0.6 is 0 Å². The minimum absolute atomic E-state index is 0.0383. The van der Waals surface area contributed by atoms with E-state index in [0.29, 0.717) is 11.1 Å². The first-order chi connectivity index (χ1) is 13.2. The highest BCUT2D eigenvalue weighted by Gasteiger charge is 2.20. The van der Waals surface area contributed by atoms with Crippen LogP contribution in [-0.2, 0) is 26.7 Å². The van der Waals surface area contributed by atoms with Crippen LogP contribution in [0.25, 0.3) is 11.1 Å². The third-order valence-corrected chi connectivity index (χ3v) is 6.36. The summed E-state index contributed by atoms with van der Waals surface area (Å²) >= 11 is 0. The Morgan fingerprint density at radius 1 is 0.821 bits per heavy atom. The van der Waals surface area contributed by atoms with Gasteiger partial charge in [-0.15, -0.1) is 0 Å². The maximum atomic E-state index is 12.8. The quantitative estimate of drug-likeness (QED) is 0.566. The van der Waals surface area contributed by atoms with Gasteiger partial charge in [0, 0.05) is 0 Å². The highest BCUT2D eigenvalue weighted by Crippen LogP contribution is 2.26. The van der Waals surface area contributed by atoms with Crippen molar-refractivity contribution < 1.29 is 21.9 Å². The van der Waals surface area contributed by atoms with Crippen molar-refractivity contribution in [2.45, 2.75) is 16.4 Å². The van der Waals surface area contributed by atoms with Gasteiger partial charge in [0.15, 0.2) is 0 Å². The van der Waals surface area contributed by atoms with Crippen LogP contribution in [-0.4, -0.2) is 21.9 Å². The average molecular weight is 418 g/mol. The third kappa shape index (κ3) is 4.39. The highest BCUT2D eigenvalue weighted by atomic mass is 32.2. The molecule has 3 rings (SSSR count). The Kier molecular flexibility index (Phi) is 5.52. The zero-order valence-electron chi connectivity index (χ0n) is 14.6. The summed E-state index contributed by atoms with van der Waals surface area (Å²) in [6.07, 6.45) is 0. The van der Waals surface area contributed by atoms with E-state index in [1.807, 2.05) is 0 Å². The summed E-state index contributed by atoms with van der Waals surface area (Å²) < 4.78 is 51.3. The van der Waals surface area contributed by atoms with E-state index in [4.69, 9.17) is 5.14 Å². The minimum Gasteiger partial charge on any atom is -0.392 e. The Hall–Kier alpha value is -2.72. The molecule has 3 aromatic carbocycles. The zero-order chi connectivity index (χ0) is 20.4. The molecule has 0 bridgehead atoms. The van der Waals surface area contributed by atoms with Crippen LogP contribution < -0.4 is 9.86 Å². The van der Waals surface area contributed by atoms with Crippen LogP contribution in [0.15, 0.2) is 82.6 Å². The van der Waals surface area contributed by atoms with Crippen molar-refractivity contribution >= 4 is 25.7 Å². The van der Waals surface area contributed by atoms with Gasteiger partial charge in [0.05, 0.1) is 17.2 Å². The topological polar surface area (TPSA) is 127 Å². The monoisotopic (exact) mass is 418 g/mol. The minimum atomic E-state index is -4.10. The van der Waals surface area contributed by atoms with Crippen LogP contribution in [0.4, 0.5) is 5.69 Å². The number of primary sulfonamides is 1. The molecule has 0 unspecified atom stereocenters. The molecule has 0 fully saturated rings. The maximum absolute atomic E-state index is 12.8. The number of nitrogens with two attached hydrogens (primary N) is 1. The SMILES string of the molecule is NS(=O)(=O)c1ccccc1NS(=O)(=O)c1cccc(-c2cccc(CO)c2)c1. The lowest BCUT2D eigenvalue weighted by Gasteiger charge is -2.12. The number of rotatable bonds is 6. The van der Waals surface area contributed by atoms with Crippen molar-refractivity contribution in [3.8, 4) is 11.1 Å². The van der Waals surface area contributed by atoms with Crippen LogP contribution in [0.3, 0.4) is 0 Å². The van der Waals surface area contributed by atoms with Gasteiger partial charge in [-0.25, -0.2) is 22.0 Å². The molecule has 0 aromatic heterocycles. The second kappa shape index (κ2) is 7.72. The van der Waals surface area contributed by atoms with E-state index in [-0.39, 0.29) is 22.1 Å². The number of hydrogen-bond donors (Lipinski definition) is 3. The molecule has 0 aliphatic heterocycles. The zero-order valence-corrected chi connectivity index (χ0v) is 16.2. The number of para-hydroxylation sites is 1. The molecule has 146 valence electrons. The molecular weight excluding hydrogens is 400 g/mol. The van der Waals surface area contributed by atoms with Crippen LogP contribution in [0.1, 0.15) is 5.56 Å². The van der Waals surface area contributed by atoms with Gasteiger partial charge in [0.25, 0.3) is 10.0 Å². The molecule has 7 nitrogen and oxygen atoms in total. The summed E-state index contributed by atoms with van der Waals surface area (Å²) in [7, 11) is -8.16. The fraction of sp³-hybridized carbons (Fsp3) is 0.0526. The largest absolute Gasteiger partial charge is 0.392 e. The number of anilines is 1. The molecule has 3 aromatic rings. The van der Waals surface area contributed by atoms with Crippen molar-refractivity contribution in [1.29, 1.82) is 0 Å². The van der Waals surface area contributed by atoms with Crippen molar-refractivity contribution in [1.82, 2.24) is 0 Å². The Bertz CT molecular complexity index is 1220.